The van der Waals surface area contributed by atoms with Gasteiger partial charge in [0.15, 0.2) is 5.60 Å². The summed E-state index contributed by atoms with van der Waals surface area (Å²) in [6.45, 7) is 0. The van der Waals surface area contributed by atoms with E-state index in [0.717, 1.165) is 22.4 Å². The Morgan fingerprint density at radius 2 is 1.26 bits per heavy atom. The predicted octanol–water partition coefficient (Wildman–Crippen LogP) is 4.45. The van der Waals surface area contributed by atoms with Crippen molar-refractivity contribution in [1.82, 2.24) is 0 Å². The van der Waals surface area contributed by atoms with Gasteiger partial charge in [-0.1, -0.05) is 78.9 Å². The summed E-state index contributed by atoms with van der Waals surface area (Å²) in [7, 11) is 0. The predicted molar refractivity (Wildman–Crippen MR) is 90.3 cm³/mol. The highest BCUT2D eigenvalue weighted by molar-refractivity contribution is 5.45. The molecule has 1 aliphatic rings. The van der Waals surface area contributed by atoms with Crippen LogP contribution in [0.4, 0.5) is 0 Å². The Hall–Kier alpha value is -2.58. The molecule has 4 rings (SSSR count). The summed E-state index contributed by atoms with van der Waals surface area (Å²) < 4.78 is 6.50. The summed E-state index contributed by atoms with van der Waals surface area (Å²) in [5, 5.41) is 10.7. The van der Waals surface area contributed by atoms with Crippen molar-refractivity contribution in [1.29, 1.82) is 0 Å². The molecule has 0 unspecified atom stereocenters. The number of rotatable bonds is 2. The number of fused-ring (bicyclic) bond motifs is 1. The Labute approximate surface area is 136 Å². The molecule has 2 nitrogen and oxygen atoms in total. The van der Waals surface area contributed by atoms with Crippen LogP contribution in [0.5, 0.6) is 5.75 Å². The van der Waals surface area contributed by atoms with Crippen LogP contribution < -0.4 is 4.74 Å². The number of ether oxygens (including phenoxy) is 1. The molecule has 0 radical (unpaired) electrons. The van der Waals surface area contributed by atoms with Crippen LogP contribution in [0.1, 0.15) is 29.2 Å². The molecule has 3 aromatic carbocycles. The smallest absolute Gasteiger partial charge is 0.162 e. The fourth-order valence-corrected chi connectivity index (χ4v) is 3.40. The van der Waals surface area contributed by atoms with E-state index in [4.69, 9.17) is 4.74 Å². The second-order valence-electron chi connectivity index (χ2n) is 5.92. The van der Waals surface area contributed by atoms with Crippen molar-refractivity contribution in [3.8, 4) is 5.75 Å². The van der Waals surface area contributed by atoms with E-state index in [1.54, 1.807) is 0 Å². The van der Waals surface area contributed by atoms with E-state index in [1.165, 1.54) is 0 Å². The first-order valence-electron chi connectivity index (χ1n) is 7.87. The molecule has 0 bridgehead atoms. The van der Waals surface area contributed by atoms with Crippen LogP contribution in [-0.4, -0.2) is 5.11 Å². The van der Waals surface area contributed by atoms with Gasteiger partial charge in [0, 0.05) is 23.1 Å². The number of hydrogen-bond acceptors (Lipinski definition) is 2. The third-order valence-corrected chi connectivity index (χ3v) is 4.52. The van der Waals surface area contributed by atoms with Gasteiger partial charge in [-0.25, -0.2) is 0 Å². The molecule has 0 fully saturated rings. The topological polar surface area (TPSA) is 29.5 Å². The van der Waals surface area contributed by atoms with Crippen molar-refractivity contribution < 1.29 is 9.84 Å². The van der Waals surface area contributed by atoms with Gasteiger partial charge in [0.1, 0.15) is 5.75 Å². The Morgan fingerprint density at radius 3 is 1.87 bits per heavy atom. The first-order chi connectivity index (χ1) is 11.3. The van der Waals surface area contributed by atoms with E-state index in [0.29, 0.717) is 6.42 Å². The van der Waals surface area contributed by atoms with Crippen molar-refractivity contribution >= 4 is 0 Å². The molecule has 23 heavy (non-hydrogen) atoms. The maximum absolute atomic E-state index is 10.7. The molecule has 0 spiro atoms. The van der Waals surface area contributed by atoms with Gasteiger partial charge in [0.25, 0.3) is 0 Å². The highest BCUT2D eigenvalue weighted by atomic mass is 16.5. The van der Waals surface area contributed by atoms with Crippen LogP contribution in [0.15, 0.2) is 84.9 Å². The summed E-state index contributed by atoms with van der Waals surface area (Å²) in [4.78, 5) is 0. The molecular weight excluding hydrogens is 284 g/mol. The Balaban J connectivity index is 1.92. The normalized spacial score (nSPS) is 18.7. The number of para-hydroxylation sites is 1. The quantitative estimate of drug-likeness (QED) is 0.758. The average molecular weight is 302 g/mol. The zero-order chi connectivity index (χ0) is 15.7. The van der Waals surface area contributed by atoms with Gasteiger partial charge in [0.05, 0.1) is 6.10 Å². The average Bonchev–Trinajstić information content (AvgIpc) is 2.63. The lowest BCUT2D eigenvalue weighted by molar-refractivity contribution is 0.0105. The van der Waals surface area contributed by atoms with Crippen LogP contribution >= 0.6 is 0 Å². The standard InChI is InChI=1S/C21H18O2/c22-19-15-21(16-9-3-1-4-10-16,17-11-5-2-6-12-17)23-20-14-8-7-13-18(19)20/h1-14,19,22H,15H2/t19-/m1/s1. The lowest BCUT2D eigenvalue weighted by atomic mass is 9.78. The third kappa shape index (κ3) is 2.32. The van der Waals surface area contributed by atoms with Crippen molar-refractivity contribution in [2.24, 2.45) is 0 Å². The largest absolute Gasteiger partial charge is 0.477 e. The third-order valence-electron chi connectivity index (χ3n) is 4.52. The zero-order valence-electron chi connectivity index (χ0n) is 12.7. The Bertz CT molecular complexity index is 757. The lowest BCUT2D eigenvalue weighted by Crippen LogP contribution is -2.39. The van der Waals surface area contributed by atoms with E-state index >= 15 is 0 Å². The number of aliphatic hydroxyl groups is 1. The number of benzene rings is 3. The molecule has 1 N–H and O–H groups in total. The molecule has 114 valence electrons. The molecule has 0 amide bonds. The molecule has 3 aromatic rings. The maximum atomic E-state index is 10.7. The molecule has 0 aliphatic carbocycles. The van der Waals surface area contributed by atoms with Gasteiger partial charge in [-0.05, 0) is 6.07 Å². The molecular formula is C21H18O2. The van der Waals surface area contributed by atoms with Crippen molar-refractivity contribution in [2.45, 2.75) is 18.1 Å². The Kier molecular flexibility index (Phi) is 3.40. The minimum Gasteiger partial charge on any atom is -0.477 e. The highest BCUT2D eigenvalue weighted by Gasteiger charge is 2.43. The summed E-state index contributed by atoms with van der Waals surface area (Å²) >= 11 is 0. The monoisotopic (exact) mass is 302 g/mol. The van der Waals surface area contributed by atoms with Crippen LogP contribution in [0, 0.1) is 0 Å². The highest BCUT2D eigenvalue weighted by Crippen LogP contribution is 2.48. The van der Waals surface area contributed by atoms with Crippen molar-refractivity contribution in [3.05, 3.63) is 102 Å². The summed E-state index contributed by atoms with van der Waals surface area (Å²) in [5.41, 5.74) is 2.30. The van der Waals surface area contributed by atoms with Crippen LogP contribution in [-0.2, 0) is 5.60 Å². The minimum atomic E-state index is -0.670. The van der Waals surface area contributed by atoms with Crippen LogP contribution in [0.25, 0.3) is 0 Å². The molecule has 0 saturated carbocycles. The minimum absolute atomic E-state index is 0.498. The number of aliphatic hydroxyl groups excluding tert-OH is 1. The van der Waals surface area contributed by atoms with E-state index < -0.39 is 11.7 Å². The van der Waals surface area contributed by atoms with E-state index in [1.807, 2.05) is 60.7 Å². The molecule has 2 heteroatoms. The van der Waals surface area contributed by atoms with Crippen molar-refractivity contribution in [2.75, 3.05) is 0 Å². The van der Waals surface area contributed by atoms with Gasteiger partial charge in [-0.2, -0.15) is 0 Å². The zero-order valence-corrected chi connectivity index (χ0v) is 12.7. The van der Waals surface area contributed by atoms with E-state index in [9.17, 15) is 5.11 Å². The molecule has 1 aliphatic heterocycles. The summed E-state index contributed by atoms with van der Waals surface area (Å²) in [5.74, 6) is 0.749. The van der Waals surface area contributed by atoms with E-state index in [2.05, 4.69) is 24.3 Å². The van der Waals surface area contributed by atoms with Crippen LogP contribution in [0.2, 0.25) is 0 Å². The SMILES string of the molecule is O[C@@H]1CC(c2ccccc2)(c2ccccc2)Oc2ccccc21. The number of hydrogen-bond donors (Lipinski definition) is 1. The van der Waals surface area contributed by atoms with Crippen molar-refractivity contribution in [3.63, 3.8) is 0 Å². The van der Waals surface area contributed by atoms with Gasteiger partial charge in [-0.15, -0.1) is 0 Å². The van der Waals surface area contributed by atoms with Gasteiger partial charge in [0.2, 0.25) is 0 Å². The van der Waals surface area contributed by atoms with Gasteiger partial charge < -0.3 is 9.84 Å². The van der Waals surface area contributed by atoms with Crippen LogP contribution in [0.3, 0.4) is 0 Å². The fraction of sp³-hybridized carbons (Fsp3) is 0.143. The lowest BCUT2D eigenvalue weighted by Gasteiger charge is -2.41. The summed E-state index contributed by atoms with van der Waals surface area (Å²) in [6, 6.07) is 28.0. The van der Waals surface area contributed by atoms with Gasteiger partial charge in [-0.3, -0.25) is 0 Å². The first kappa shape index (κ1) is 14.0. The van der Waals surface area contributed by atoms with Gasteiger partial charge >= 0.3 is 0 Å². The Morgan fingerprint density at radius 1 is 0.739 bits per heavy atom. The molecule has 0 saturated heterocycles. The first-order valence-corrected chi connectivity index (χ1v) is 7.87. The maximum Gasteiger partial charge on any atom is 0.162 e. The second kappa shape index (κ2) is 5.56. The molecule has 0 aromatic heterocycles. The molecule has 1 atom stereocenters. The fourth-order valence-electron chi connectivity index (χ4n) is 3.40. The molecule has 1 heterocycles. The van der Waals surface area contributed by atoms with E-state index in [-0.39, 0.29) is 0 Å². The second-order valence-corrected chi connectivity index (χ2v) is 5.92. The summed E-state index contributed by atoms with van der Waals surface area (Å²) in [6.07, 6.45) is -0.0572.